The van der Waals surface area contributed by atoms with Gasteiger partial charge in [-0.25, -0.2) is 0 Å². The minimum atomic E-state index is -1.50. The quantitative estimate of drug-likeness (QED) is 0.278. The fourth-order valence-corrected chi connectivity index (χ4v) is 0. The molecular formula is C2H8N2O8. The predicted molar refractivity (Wildman–Crippen MR) is 31.7 cm³/mol. The molecule has 0 amide bonds. The first-order valence-electron chi connectivity index (χ1n) is 2.26. The highest BCUT2D eigenvalue weighted by atomic mass is 16.9. The largest absolute Gasteiger partial charge is 0.394 e. The Morgan fingerprint density at radius 1 is 0.917 bits per heavy atom. The van der Waals surface area contributed by atoms with Gasteiger partial charge in [0.15, 0.2) is 0 Å². The van der Waals surface area contributed by atoms with Crippen molar-refractivity contribution in [1.82, 2.24) is 0 Å². The van der Waals surface area contributed by atoms with Crippen molar-refractivity contribution in [2.45, 2.75) is 0 Å². The highest BCUT2D eigenvalue weighted by molar-refractivity contribution is 4.06. The van der Waals surface area contributed by atoms with Gasteiger partial charge in [0, 0.05) is 0 Å². The second-order valence-corrected chi connectivity index (χ2v) is 0.923. The molecule has 0 spiro atoms. The van der Waals surface area contributed by atoms with Crippen LogP contribution in [0.3, 0.4) is 0 Å². The van der Waals surface area contributed by atoms with Crippen molar-refractivity contribution in [1.29, 1.82) is 0 Å². The maximum Gasteiger partial charge on any atom is 0.291 e. The van der Waals surface area contributed by atoms with Gasteiger partial charge in [-0.05, 0) is 0 Å². The maximum absolute atomic E-state index is 8.36. The molecule has 10 nitrogen and oxygen atoms in total. The maximum atomic E-state index is 8.36. The Kier molecular flexibility index (Phi) is 22.5. The van der Waals surface area contributed by atoms with Crippen molar-refractivity contribution in [2.24, 2.45) is 0 Å². The van der Waals surface area contributed by atoms with Crippen molar-refractivity contribution in [3.8, 4) is 0 Å². The Morgan fingerprint density at radius 3 is 1.00 bits per heavy atom. The van der Waals surface area contributed by atoms with E-state index in [0.717, 1.165) is 0 Å². The molecule has 12 heavy (non-hydrogen) atoms. The molecule has 0 radical (unpaired) electrons. The number of aliphatic hydroxyl groups excluding tert-OH is 2. The second-order valence-electron chi connectivity index (χ2n) is 0.923. The first-order chi connectivity index (χ1) is 5.38. The molecule has 10 heteroatoms. The first kappa shape index (κ1) is 16.7. The summed E-state index contributed by atoms with van der Waals surface area (Å²) >= 11 is 0. The van der Waals surface area contributed by atoms with Crippen LogP contribution < -0.4 is 0 Å². The first-order valence-corrected chi connectivity index (χ1v) is 2.26. The third kappa shape index (κ3) is 964. The number of aliphatic hydroxyl groups is 2. The van der Waals surface area contributed by atoms with E-state index in [9.17, 15) is 0 Å². The fraction of sp³-hybridized carbons (Fsp3) is 1.00. The molecule has 0 atom stereocenters. The van der Waals surface area contributed by atoms with Crippen LogP contribution in [-0.2, 0) is 0 Å². The highest BCUT2D eigenvalue weighted by Gasteiger charge is 1.65. The summed E-state index contributed by atoms with van der Waals surface area (Å²) in [6, 6.07) is 0. The Morgan fingerprint density at radius 2 is 1.00 bits per heavy atom. The highest BCUT2D eigenvalue weighted by Crippen LogP contribution is 1.39. The van der Waals surface area contributed by atoms with E-state index in [2.05, 4.69) is 0 Å². The minimum absolute atomic E-state index is 0.125. The summed E-state index contributed by atoms with van der Waals surface area (Å²) in [6.07, 6.45) is 0. The van der Waals surface area contributed by atoms with Crippen molar-refractivity contribution in [3.63, 3.8) is 0 Å². The van der Waals surface area contributed by atoms with E-state index in [1.54, 1.807) is 0 Å². The van der Waals surface area contributed by atoms with Crippen molar-refractivity contribution in [2.75, 3.05) is 13.2 Å². The summed E-state index contributed by atoms with van der Waals surface area (Å²) in [4.78, 5) is 16.7. The SMILES string of the molecule is O=[N+]([O-])O.O=[N+]([O-])O.OCCO. The van der Waals surface area contributed by atoms with Gasteiger partial charge in [0.25, 0.3) is 10.2 Å². The predicted octanol–water partition coefficient (Wildman–Crippen LogP) is -1.72. The zero-order valence-electron chi connectivity index (χ0n) is 5.73. The summed E-state index contributed by atoms with van der Waals surface area (Å²) in [6.45, 7) is -0.250. The number of hydrogen-bond acceptors (Lipinski definition) is 6. The molecule has 0 heterocycles. The lowest BCUT2D eigenvalue weighted by Crippen LogP contribution is -1.85. The average Bonchev–Trinajstić information content (AvgIpc) is 1.85. The van der Waals surface area contributed by atoms with E-state index >= 15 is 0 Å². The number of rotatable bonds is 1. The minimum Gasteiger partial charge on any atom is -0.394 e. The molecule has 0 aliphatic heterocycles. The molecular weight excluding hydrogens is 180 g/mol. The van der Waals surface area contributed by atoms with E-state index < -0.39 is 10.2 Å². The van der Waals surface area contributed by atoms with Gasteiger partial charge in [0.1, 0.15) is 0 Å². The summed E-state index contributed by atoms with van der Waals surface area (Å²) < 4.78 is 0. The monoisotopic (exact) mass is 188 g/mol. The van der Waals surface area contributed by atoms with Crippen LogP contribution in [0, 0.1) is 20.2 Å². The molecule has 0 aromatic carbocycles. The van der Waals surface area contributed by atoms with E-state index in [1.165, 1.54) is 0 Å². The lowest BCUT2D eigenvalue weighted by Gasteiger charge is -1.70. The van der Waals surface area contributed by atoms with Gasteiger partial charge in [-0.3, -0.25) is 0 Å². The molecule has 0 saturated carbocycles. The lowest BCUT2D eigenvalue weighted by molar-refractivity contribution is -0.742. The van der Waals surface area contributed by atoms with Crippen molar-refractivity contribution < 1.29 is 30.8 Å². The Bertz CT molecular complexity index is 91.6. The van der Waals surface area contributed by atoms with E-state index in [-0.39, 0.29) is 13.2 Å². The van der Waals surface area contributed by atoms with Gasteiger partial charge in [-0.2, -0.15) is 0 Å². The molecule has 74 valence electrons. The molecule has 0 rings (SSSR count). The van der Waals surface area contributed by atoms with Gasteiger partial charge in [-0.15, -0.1) is 20.2 Å². The standard InChI is InChI=1S/C2H6O2.2HNO3/c3-1-2-4;2*2-1(3)4/h3-4H,1-2H2;2*(H,2,3,4). The molecule has 0 fully saturated rings. The summed E-state index contributed by atoms with van der Waals surface area (Å²) in [5.74, 6) is 0. The summed E-state index contributed by atoms with van der Waals surface area (Å²) in [5, 5.41) is 42.5. The van der Waals surface area contributed by atoms with Crippen molar-refractivity contribution >= 4 is 0 Å². The fourth-order valence-electron chi connectivity index (χ4n) is 0. The Hall–Kier alpha value is -1.68. The van der Waals surface area contributed by atoms with Gasteiger partial charge in [0.2, 0.25) is 0 Å². The number of hydrogen-bond donors (Lipinski definition) is 4. The van der Waals surface area contributed by atoms with Crippen LogP contribution in [0.2, 0.25) is 0 Å². The molecule has 0 bridgehead atoms. The molecule has 4 N–H and O–H groups in total. The van der Waals surface area contributed by atoms with Gasteiger partial charge < -0.3 is 20.6 Å². The third-order valence-corrected chi connectivity index (χ3v) is 0.1000. The van der Waals surface area contributed by atoms with Crippen LogP contribution in [0.1, 0.15) is 0 Å². The van der Waals surface area contributed by atoms with E-state index in [4.69, 9.17) is 40.9 Å². The second kappa shape index (κ2) is 16.2. The summed E-state index contributed by atoms with van der Waals surface area (Å²) in [5.41, 5.74) is 0. The smallest absolute Gasteiger partial charge is 0.291 e. The van der Waals surface area contributed by atoms with E-state index in [1.807, 2.05) is 0 Å². The van der Waals surface area contributed by atoms with Crippen LogP contribution in [0.25, 0.3) is 0 Å². The number of nitrogens with zero attached hydrogens (tertiary/aromatic N) is 2. The Balaban J connectivity index is -0.000000101. The van der Waals surface area contributed by atoms with Gasteiger partial charge in [-0.1, -0.05) is 0 Å². The van der Waals surface area contributed by atoms with Crippen LogP contribution in [-0.4, -0.2) is 44.0 Å². The van der Waals surface area contributed by atoms with Crippen LogP contribution >= 0.6 is 0 Å². The topological polar surface area (TPSA) is 167 Å². The zero-order valence-corrected chi connectivity index (χ0v) is 5.73. The molecule has 0 aromatic heterocycles. The zero-order chi connectivity index (χ0) is 10.6. The van der Waals surface area contributed by atoms with Crippen LogP contribution in [0.4, 0.5) is 0 Å². The van der Waals surface area contributed by atoms with Gasteiger partial charge >= 0.3 is 0 Å². The van der Waals surface area contributed by atoms with Gasteiger partial charge in [0.05, 0.1) is 13.2 Å². The molecule has 0 unspecified atom stereocenters. The molecule has 0 aromatic rings. The summed E-state index contributed by atoms with van der Waals surface area (Å²) in [7, 11) is 0. The Labute approximate surface area is 65.5 Å². The molecule has 0 aliphatic rings. The van der Waals surface area contributed by atoms with Crippen LogP contribution in [0.15, 0.2) is 0 Å². The molecule has 0 aliphatic carbocycles. The van der Waals surface area contributed by atoms with Crippen LogP contribution in [0.5, 0.6) is 0 Å². The lowest BCUT2D eigenvalue weighted by atomic mass is 10.8. The molecule has 0 saturated heterocycles. The van der Waals surface area contributed by atoms with Crippen molar-refractivity contribution in [3.05, 3.63) is 20.2 Å². The third-order valence-electron chi connectivity index (χ3n) is 0.1000. The normalized spacial score (nSPS) is 6.50. The van der Waals surface area contributed by atoms with E-state index in [0.29, 0.717) is 0 Å². The average molecular weight is 188 g/mol.